The first kappa shape index (κ1) is 7.81. The van der Waals surface area contributed by atoms with Crippen molar-refractivity contribution in [3.8, 4) is 6.07 Å². The Morgan fingerprint density at radius 3 is 2.92 bits per heavy atom. The molecule has 0 atom stereocenters. The number of hydrogen-bond donors (Lipinski definition) is 0. The minimum Gasteiger partial charge on any atom is -0.320 e. The number of fused-ring (bicyclic) bond motifs is 1. The van der Waals surface area contributed by atoms with Gasteiger partial charge in [0, 0.05) is 18.6 Å². The molecule has 0 amide bonds. The number of pyridine rings is 1. The van der Waals surface area contributed by atoms with Gasteiger partial charge in [-0.15, -0.1) is 0 Å². The van der Waals surface area contributed by atoms with Crippen LogP contribution in [0, 0.1) is 18.3 Å². The van der Waals surface area contributed by atoms with Crippen LogP contribution in [0.2, 0.25) is 0 Å². The van der Waals surface area contributed by atoms with E-state index in [1.165, 1.54) is 0 Å². The lowest BCUT2D eigenvalue weighted by molar-refractivity contribution is 0.923. The fourth-order valence-corrected chi connectivity index (χ4v) is 1.60. The minimum atomic E-state index is 0.689. The van der Waals surface area contributed by atoms with Gasteiger partial charge in [0.05, 0.1) is 0 Å². The van der Waals surface area contributed by atoms with Gasteiger partial charge in [-0.2, -0.15) is 5.26 Å². The normalized spacial score (nSPS) is 10.2. The molecular formula is C10H9N3. The fourth-order valence-electron chi connectivity index (χ4n) is 1.60. The van der Waals surface area contributed by atoms with E-state index in [1.54, 1.807) is 6.20 Å². The van der Waals surface area contributed by atoms with E-state index >= 15 is 0 Å². The van der Waals surface area contributed by atoms with Gasteiger partial charge in [-0.1, -0.05) is 0 Å². The summed E-state index contributed by atoms with van der Waals surface area (Å²) in [6, 6.07) is 6.05. The predicted molar refractivity (Wildman–Crippen MR) is 50.2 cm³/mol. The van der Waals surface area contributed by atoms with Crippen LogP contribution in [0.3, 0.4) is 0 Å². The lowest BCUT2D eigenvalue weighted by Crippen LogP contribution is -1.92. The van der Waals surface area contributed by atoms with Crippen molar-refractivity contribution in [2.75, 3.05) is 0 Å². The molecule has 2 heterocycles. The maximum Gasteiger partial charge on any atom is 0.140 e. The highest BCUT2D eigenvalue weighted by molar-refractivity contribution is 5.82. The van der Waals surface area contributed by atoms with Crippen LogP contribution in [-0.4, -0.2) is 9.55 Å². The van der Waals surface area contributed by atoms with Crippen LogP contribution in [0.15, 0.2) is 18.3 Å². The first-order chi connectivity index (χ1) is 6.25. The highest BCUT2D eigenvalue weighted by Gasteiger charge is 2.10. The minimum absolute atomic E-state index is 0.689. The lowest BCUT2D eigenvalue weighted by Gasteiger charge is -1.93. The van der Waals surface area contributed by atoms with E-state index < -0.39 is 0 Å². The zero-order valence-electron chi connectivity index (χ0n) is 7.57. The van der Waals surface area contributed by atoms with E-state index in [4.69, 9.17) is 5.26 Å². The van der Waals surface area contributed by atoms with E-state index in [0.717, 1.165) is 16.6 Å². The van der Waals surface area contributed by atoms with Gasteiger partial charge in [-0.25, -0.2) is 4.98 Å². The smallest absolute Gasteiger partial charge is 0.140 e. The van der Waals surface area contributed by atoms with Crippen LogP contribution in [-0.2, 0) is 7.05 Å². The Hall–Kier alpha value is -1.82. The van der Waals surface area contributed by atoms with E-state index in [0.29, 0.717) is 5.69 Å². The summed E-state index contributed by atoms with van der Waals surface area (Å²) in [5.41, 5.74) is 2.57. The van der Waals surface area contributed by atoms with Crippen LogP contribution < -0.4 is 0 Å². The van der Waals surface area contributed by atoms with Crippen molar-refractivity contribution in [2.24, 2.45) is 7.05 Å². The summed E-state index contributed by atoms with van der Waals surface area (Å²) in [6.45, 7) is 1.95. The van der Waals surface area contributed by atoms with Gasteiger partial charge in [0.15, 0.2) is 0 Å². The van der Waals surface area contributed by atoms with Crippen LogP contribution in [0.1, 0.15) is 11.3 Å². The molecule has 2 aromatic rings. The van der Waals surface area contributed by atoms with Crippen LogP contribution in [0.5, 0.6) is 0 Å². The number of rotatable bonds is 0. The Morgan fingerprint density at radius 1 is 1.54 bits per heavy atom. The molecule has 13 heavy (non-hydrogen) atoms. The Balaban J connectivity index is 2.99. The van der Waals surface area contributed by atoms with Crippen LogP contribution in [0.4, 0.5) is 0 Å². The Bertz CT molecular complexity index is 464. The molecule has 0 saturated heterocycles. The van der Waals surface area contributed by atoms with Crippen molar-refractivity contribution < 1.29 is 0 Å². The largest absolute Gasteiger partial charge is 0.320 e. The summed E-state index contributed by atoms with van der Waals surface area (Å²) < 4.78 is 1.82. The number of hydrogen-bond acceptors (Lipinski definition) is 2. The van der Waals surface area contributed by atoms with E-state index in [1.807, 2.05) is 30.7 Å². The quantitative estimate of drug-likeness (QED) is 0.606. The molecule has 3 nitrogen and oxygen atoms in total. The Morgan fingerprint density at radius 2 is 2.31 bits per heavy atom. The molecule has 0 aliphatic carbocycles. The summed E-state index contributed by atoms with van der Waals surface area (Å²) in [5.74, 6) is 0. The van der Waals surface area contributed by atoms with Crippen molar-refractivity contribution >= 4 is 11.0 Å². The zero-order chi connectivity index (χ0) is 9.42. The molecule has 0 aliphatic rings. The van der Waals surface area contributed by atoms with Crippen LogP contribution >= 0.6 is 0 Å². The van der Waals surface area contributed by atoms with Crippen LogP contribution in [0.25, 0.3) is 11.0 Å². The lowest BCUT2D eigenvalue weighted by atomic mass is 10.2. The number of nitrogens with zero attached hydrogens (tertiary/aromatic N) is 3. The fraction of sp³-hybridized carbons (Fsp3) is 0.200. The summed E-state index contributed by atoms with van der Waals surface area (Å²) in [6.07, 6.45) is 1.74. The molecule has 0 aliphatic heterocycles. The van der Waals surface area contributed by atoms with Crippen molar-refractivity contribution in [3.05, 3.63) is 29.6 Å². The van der Waals surface area contributed by atoms with Gasteiger partial charge in [-0.05, 0) is 24.6 Å². The van der Waals surface area contributed by atoms with Gasteiger partial charge in [-0.3, -0.25) is 0 Å². The van der Waals surface area contributed by atoms with Gasteiger partial charge in [0.2, 0.25) is 0 Å². The third-order valence-corrected chi connectivity index (χ3v) is 2.30. The third kappa shape index (κ3) is 0.922. The molecule has 0 radical (unpaired) electrons. The number of aryl methyl sites for hydroxylation is 2. The maximum absolute atomic E-state index is 8.90. The molecule has 0 saturated carbocycles. The van der Waals surface area contributed by atoms with Gasteiger partial charge in [0.1, 0.15) is 17.4 Å². The maximum atomic E-state index is 8.90. The standard InChI is InChI=1S/C10H9N3/c1-7-8-4-3-5-12-10(8)13(2)9(7)6-11/h3-5H,1-2H3. The topological polar surface area (TPSA) is 41.6 Å². The molecule has 0 unspecified atom stereocenters. The van der Waals surface area contributed by atoms with Gasteiger partial charge in [0.25, 0.3) is 0 Å². The summed E-state index contributed by atoms with van der Waals surface area (Å²) in [5, 5.41) is 9.96. The van der Waals surface area contributed by atoms with Crippen molar-refractivity contribution in [2.45, 2.75) is 6.92 Å². The van der Waals surface area contributed by atoms with Crippen molar-refractivity contribution in [1.82, 2.24) is 9.55 Å². The molecule has 2 rings (SSSR count). The Labute approximate surface area is 76.2 Å². The molecule has 0 spiro atoms. The van der Waals surface area contributed by atoms with E-state index in [9.17, 15) is 0 Å². The third-order valence-electron chi connectivity index (χ3n) is 2.30. The molecule has 0 aromatic carbocycles. The zero-order valence-corrected chi connectivity index (χ0v) is 7.57. The average molecular weight is 171 g/mol. The SMILES string of the molecule is Cc1c(C#N)n(C)c2ncccc12. The van der Waals surface area contributed by atoms with Gasteiger partial charge < -0.3 is 4.57 Å². The first-order valence-electron chi connectivity index (χ1n) is 4.06. The first-order valence-corrected chi connectivity index (χ1v) is 4.06. The van der Waals surface area contributed by atoms with Crippen molar-refractivity contribution in [1.29, 1.82) is 5.26 Å². The van der Waals surface area contributed by atoms with E-state index in [2.05, 4.69) is 11.1 Å². The molecule has 2 aromatic heterocycles. The second kappa shape index (κ2) is 2.60. The highest BCUT2D eigenvalue weighted by Crippen LogP contribution is 2.21. The molecule has 0 fully saturated rings. The van der Waals surface area contributed by atoms with Gasteiger partial charge >= 0.3 is 0 Å². The predicted octanol–water partition coefficient (Wildman–Crippen LogP) is 1.75. The number of aromatic nitrogens is 2. The Kier molecular flexibility index (Phi) is 1.56. The highest BCUT2D eigenvalue weighted by atomic mass is 15.0. The second-order valence-corrected chi connectivity index (χ2v) is 3.02. The molecule has 0 bridgehead atoms. The monoisotopic (exact) mass is 171 g/mol. The average Bonchev–Trinajstić information content (AvgIpc) is 2.41. The summed E-state index contributed by atoms with van der Waals surface area (Å²) in [7, 11) is 1.86. The molecule has 3 heteroatoms. The van der Waals surface area contributed by atoms with E-state index in [-0.39, 0.29) is 0 Å². The second-order valence-electron chi connectivity index (χ2n) is 3.02. The summed E-state index contributed by atoms with van der Waals surface area (Å²) in [4.78, 5) is 4.22. The molecule has 0 N–H and O–H groups in total. The molecular weight excluding hydrogens is 162 g/mol. The number of nitriles is 1. The van der Waals surface area contributed by atoms with Crippen molar-refractivity contribution in [3.63, 3.8) is 0 Å². The molecule has 64 valence electrons. The summed E-state index contributed by atoms with van der Waals surface area (Å²) >= 11 is 0.